The lowest BCUT2D eigenvalue weighted by molar-refractivity contribution is -0.135. The monoisotopic (exact) mass is 198 g/mol. The first-order chi connectivity index (χ1) is 6.61. The molecule has 14 heavy (non-hydrogen) atoms. The van der Waals surface area contributed by atoms with Crippen molar-refractivity contribution >= 4 is 12.0 Å². The lowest BCUT2D eigenvalue weighted by atomic mass is 10.1. The number of nitrogens with zero attached hydrogens (tertiary/aromatic N) is 1. The first kappa shape index (κ1) is 9.30. The van der Waals surface area contributed by atoms with Gasteiger partial charge in [-0.25, -0.2) is 4.79 Å². The molecule has 2 rings (SSSR count). The Kier molecular flexibility index (Phi) is 2.09. The smallest absolute Gasteiger partial charge is 0.323 e. The number of rotatable bonds is 2. The third-order valence-corrected chi connectivity index (χ3v) is 3.07. The highest BCUT2D eigenvalue weighted by atomic mass is 16.4. The van der Waals surface area contributed by atoms with Crippen molar-refractivity contribution in [2.45, 2.75) is 19.3 Å². The molecule has 5 heteroatoms. The topological polar surface area (TPSA) is 69.6 Å². The summed E-state index contributed by atoms with van der Waals surface area (Å²) in [5.41, 5.74) is 0.403. The summed E-state index contributed by atoms with van der Waals surface area (Å²) in [4.78, 5) is 23.4. The van der Waals surface area contributed by atoms with Crippen LogP contribution in [0.2, 0.25) is 0 Å². The summed E-state index contributed by atoms with van der Waals surface area (Å²) in [6.07, 6.45) is 3.51. The Morgan fingerprint density at radius 1 is 1.36 bits per heavy atom. The van der Waals surface area contributed by atoms with Crippen LogP contribution in [0.4, 0.5) is 4.79 Å². The molecule has 0 atom stereocenters. The van der Waals surface area contributed by atoms with Gasteiger partial charge in [0.25, 0.3) is 0 Å². The third kappa shape index (κ3) is 1.81. The van der Waals surface area contributed by atoms with E-state index in [4.69, 9.17) is 5.11 Å². The molecular formula is C9H14N2O3. The Bertz CT molecular complexity index is 273. The van der Waals surface area contributed by atoms with Crippen LogP contribution in [0.1, 0.15) is 19.3 Å². The van der Waals surface area contributed by atoms with Gasteiger partial charge < -0.3 is 15.3 Å². The summed E-state index contributed by atoms with van der Waals surface area (Å²) in [6.45, 7) is 1.28. The van der Waals surface area contributed by atoms with E-state index in [0.717, 1.165) is 19.5 Å². The van der Waals surface area contributed by atoms with E-state index >= 15 is 0 Å². The van der Waals surface area contributed by atoms with E-state index in [0.29, 0.717) is 5.41 Å². The van der Waals surface area contributed by atoms with Gasteiger partial charge >= 0.3 is 12.0 Å². The molecule has 2 N–H and O–H groups in total. The van der Waals surface area contributed by atoms with Crippen molar-refractivity contribution in [2.75, 3.05) is 19.6 Å². The molecule has 2 amide bonds. The molecule has 0 aromatic carbocycles. The fourth-order valence-corrected chi connectivity index (χ4v) is 1.96. The average Bonchev–Trinajstić information content (AvgIpc) is 2.73. The number of urea groups is 1. The summed E-state index contributed by atoms with van der Waals surface area (Å²) >= 11 is 0. The van der Waals surface area contributed by atoms with E-state index in [-0.39, 0.29) is 12.6 Å². The molecule has 78 valence electrons. The minimum atomic E-state index is -1.00. The zero-order valence-electron chi connectivity index (χ0n) is 7.95. The van der Waals surface area contributed by atoms with Gasteiger partial charge in [-0.05, 0) is 24.7 Å². The second-order valence-electron chi connectivity index (χ2n) is 4.22. The number of carboxylic acid groups (broad SMARTS) is 1. The summed E-state index contributed by atoms with van der Waals surface area (Å²) in [7, 11) is 0. The van der Waals surface area contributed by atoms with Crippen LogP contribution in [0.15, 0.2) is 0 Å². The van der Waals surface area contributed by atoms with Gasteiger partial charge in [-0.15, -0.1) is 0 Å². The molecule has 0 unspecified atom stereocenters. The molecule has 1 aliphatic carbocycles. The van der Waals surface area contributed by atoms with E-state index < -0.39 is 5.97 Å². The van der Waals surface area contributed by atoms with E-state index in [1.165, 1.54) is 12.8 Å². The van der Waals surface area contributed by atoms with Crippen LogP contribution in [-0.4, -0.2) is 41.6 Å². The van der Waals surface area contributed by atoms with Crippen LogP contribution in [-0.2, 0) is 4.79 Å². The van der Waals surface area contributed by atoms with Crippen molar-refractivity contribution in [3.63, 3.8) is 0 Å². The van der Waals surface area contributed by atoms with Gasteiger partial charge in [-0.3, -0.25) is 4.79 Å². The zero-order chi connectivity index (χ0) is 10.2. The molecule has 0 aromatic rings. The van der Waals surface area contributed by atoms with Gasteiger partial charge in [0, 0.05) is 13.1 Å². The maximum absolute atomic E-state index is 11.4. The number of carbonyl (C=O) groups excluding carboxylic acids is 1. The largest absolute Gasteiger partial charge is 0.480 e. The maximum atomic E-state index is 11.4. The lowest BCUT2D eigenvalue weighted by Crippen LogP contribution is -2.40. The van der Waals surface area contributed by atoms with Gasteiger partial charge in [0.2, 0.25) is 0 Å². The summed E-state index contributed by atoms with van der Waals surface area (Å²) in [6, 6.07) is -0.240. The molecule has 1 saturated carbocycles. The molecule has 1 saturated heterocycles. The molecule has 1 spiro atoms. The predicted octanol–water partition coefficient (Wildman–Crippen LogP) is 0.266. The Hall–Kier alpha value is -1.26. The van der Waals surface area contributed by atoms with Crippen molar-refractivity contribution in [2.24, 2.45) is 5.41 Å². The molecule has 0 radical (unpaired) electrons. The van der Waals surface area contributed by atoms with Crippen LogP contribution in [0.3, 0.4) is 0 Å². The quantitative estimate of drug-likeness (QED) is 0.669. The zero-order valence-corrected chi connectivity index (χ0v) is 7.95. The van der Waals surface area contributed by atoms with Crippen molar-refractivity contribution < 1.29 is 14.7 Å². The molecule has 2 fully saturated rings. The van der Waals surface area contributed by atoms with Crippen LogP contribution in [0, 0.1) is 5.41 Å². The predicted molar refractivity (Wildman–Crippen MR) is 48.9 cm³/mol. The van der Waals surface area contributed by atoms with Gasteiger partial charge in [-0.2, -0.15) is 0 Å². The second-order valence-corrected chi connectivity index (χ2v) is 4.22. The Morgan fingerprint density at radius 2 is 2.07 bits per heavy atom. The maximum Gasteiger partial charge on any atom is 0.323 e. The van der Waals surface area contributed by atoms with E-state index in [2.05, 4.69) is 5.32 Å². The number of likely N-dealkylation sites (tertiary alicyclic amines) is 1. The van der Waals surface area contributed by atoms with Crippen LogP contribution >= 0.6 is 0 Å². The molecule has 1 aliphatic heterocycles. The molecule has 1 heterocycles. The minimum absolute atomic E-state index is 0.240. The summed E-state index contributed by atoms with van der Waals surface area (Å²) in [5.74, 6) is -1.00. The highest BCUT2D eigenvalue weighted by Gasteiger charge is 2.48. The molecule has 5 nitrogen and oxygen atoms in total. The van der Waals surface area contributed by atoms with Gasteiger partial charge in [0.1, 0.15) is 6.54 Å². The number of amides is 2. The Balaban J connectivity index is 1.78. The first-order valence-electron chi connectivity index (χ1n) is 4.86. The fraction of sp³-hybridized carbons (Fsp3) is 0.778. The molecular weight excluding hydrogens is 184 g/mol. The molecule has 0 bridgehead atoms. The first-order valence-corrected chi connectivity index (χ1v) is 4.86. The van der Waals surface area contributed by atoms with E-state index in [9.17, 15) is 9.59 Å². The van der Waals surface area contributed by atoms with E-state index in [1.807, 2.05) is 0 Å². The summed E-state index contributed by atoms with van der Waals surface area (Å²) in [5, 5.41) is 10.8. The third-order valence-electron chi connectivity index (χ3n) is 3.07. The number of hydrogen-bond donors (Lipinski definition) is 2. The number of nitrogens with one attached hydrogen (secondary N) is 1. The van der Waals surface area contributed by atoms with E-state index in [1.54, 1.807) is 4.90 Å². The Labute approximate surface area is 82.1 Å². The van der Waals surface area contributed by atoms with Crippen LogP contribution < -0.4 is 5.32 Å². The number of carbonyl (C=O) groups is 2. The second kappa shape index (κ2) is 3.15. The minimum Gasteiger partial charge on any atom is -0.480 e. The SMILES string of the molecule is O=C(O)CNC(=O)N1CCC2(CC2)C1. The number of carboxylic acids is 1. The van der Waals surface area contributed by atoms with Gasteiger partial charge in [0.05, 0.1) is 0 Å². The Morgan fingerprint density at radius 3 is 2.57 bits per heavy atom. The van der Waals surface area contributed by atoms with Crippen LogP contribution in [0.25, 0.3) is 0 Å². The number of aliphatic carboxylic acids is 1. The lowest BCUT2D eigenvalue weighted by Gasteiger charge is -2.16. The highest BCUT2D eigenvalue weighted by molar-refractivity contribution is 5.80. The van der Waals surface area contributed by atoms with Crippen molar-refractivity contribution in [1.82, 2.24) is 10.2 Å². The summed E-state index contributed by atoms with van der Waals surface area (Å²) < 4.78 is 0. The average molecular weight is 198 g/mol. The normalized spacial score (nSPS) is 22.4. The van der Waals surface area contributed by atoms with Crippen molar-refractivity contribution in [3.05, 3.63) is 0 Å². The molecule has 2 aliphatic rings. The molecule has 0 aromatic heterocycles. The fourth-order valence-electron chi connectivity index (χ4n) is 1.96. The van der Waals surface area contributed by atoms with Gasteiger partial charge in [0.15, 0.2) is 0 Å². The standard InChI is InChI=1S/C9H14N2O3/c12-7(13)5-10-8(14)11-4-3-9(6-11)1-2-9/h1-6H2,(H,10,14)(H,12,13). The van der Waals surface area contributed by atoms with Crippen molar-refractivity contribution in [1.29, 1.82) is 0 Å². The van der Waals surface area contributed by atoms with Crippen molar-refractivity contribution in [3.8, 4) is 0 Å². The highest BCUT2D eigenvalue weighted by Crippen LogP contribution is 2.52. The van der Waals surface area contributed by atoms with Crippen LogP contribution in [0.5, 0.6) is 0 Å². The number of hydrogen-bond acceptors (Lipinski definition) is 2. The van der Waals surface area contributed by atoms with Gasteiger partial charge in [-0.1, -0.05) is 0 Å².